The highest BCUT2D eigenvalue weighted by Gasteiger charge is 2.21. The molecule has 1 aromatic heterocycles. The molecule has 2 N–H and O–H groups in total. The standard InChI is InChI=1S/C16H18N2O3/c19-15(6-3-11-1-2-11)17-13-4-5-14-12(9-13)7-8-18(14)10-16(20)21/h4-5,7-9,11H,1-3,6,10H2,(H,17,19)(H,20,21). The molecule has 0 spiro atoms. The predicted octanol–water partition coefficient (Wildman–Crippen LogP) is 2.85. The number of aromatic nitrogens is 1. The second-order valence-electron chi connectivity index (χ2n) is 5.64. The second kappa shape index (κ2) is 5.60. The van der Waals surface area contributed by atoms with Crippen molar-refractivity contribution in [1.29, 1.82) is 0 Å². The molecule has 0 atom stereocenters. The van der Waals surface area contributed by atoms with Crippen LogP contribution in [0.3, 0.4) is 0 Å². The second-order valence-corrected chi connectivity index (χ2v) is 5.64. The highest BCUT2D eigenvalue weighted by atomic mass is 16.4. The Morgan fingerprint density at radius 1 is 1.29 bits per heavy atom. The number of aliphatic carboxylic acids is 1. The fourth-order valence-electron chi connectivity index (χ4n) is 2.53. The Bertz CT molecular complexity index is 686. The Balaban J connectivity index is 1.68. The number of fused-ring (bicyclic) bond motifs is 1. The van der Waals surface area contributed by atoms with Gasteiger partial charge in [-0.2, -0.15) is 0 Å². The van der Waals surface area contributed by atoms with Gasteiger partial charge < -0.3 is 15.0 Å². The maximum absolute atomic E-state index is 11.8. The highest BCUT2D eigenvalue weighted by Crippen LogP contribution is 2.33. The van der Waals surface area contributed by atoms with Crippen LogP contribution in [0.5, 0.6) is 0 Å². The largest absolute Gasteiger partial charge is 0.480 e. The first-order valence-electron chi connectivity index (χ1n) is 7.22. The van der Waals surface area contributed by atoms with Gasteiger partial charge in [0.1, 0.15) is 6.54 Å². The topological polar surface area (TPSA) is 71.3 Å². The van der Waals surface area contributed by atoms with Gasteiger partial charge in [-0.1, -0.05) is 12.8 Å². The van der Waals surface area contributed by atoms with E-state index in [-0.39, 0.29) is 12.5 Å². The molecule has 0 bridgehead atoms. The third kappa shape index (κ3) is 3.42. The van der Waals surface area contributed by atoms with Gasteiger partial charge in [-0.15, -0.1) is 0 Å². The monoisotopic (exact) mass is 286 g/mol. The van der Waals surface area contributed by atoms with Crippen LogP contribution in [-0.4, -0.2) is 21.6 Å². The Morgan fingerprint density at radius 3 is 2.81 bits per heavy atom. The number of benzene rings is 1. The number of carbonyl (C=O) groups is 2. The van der Waals surface area contributed by atoms with Gasteiger partial charge in [0.15, 0.2) is 0 Å². The molecular weight excluding hydrogens is 268 g/mol. The lowest BCUT2D eigenvalue weighted by atomic mass is 10.2. The molecule has 5 nitrogen and oxygen atoms in total. The third-order valence-corrected chi connectivity index (χ3v) is 3.84. The number of hydrogen-bond donors (Lipinski definition) is 2. The van der Waals surface area contributed by atoms with Gasteiger partial charge in [0.2, 0.25) is 5.91 Å². The molecule has 21 heavy (non-hydrogen) atoms. The van der Waals surface area contributed by atoms with Crippen LogP contribution in [0.4, 0.5) is 5.69 Å². The minimum atomic E-state index is -0.870. The van der Waals surface area contributed by atoms with Gasteiger partial charge in [-0.3, -0.25) is 9.59 Å². The van der Waals surface area contributed by atoms with Crippen LogP contribution in [-0.2, 0) is 16.1 Å². The van der Waals surface area contributed by atoms with Crippen LogP contribution < -0.4 is 5.32 Å². The Morgan fingerprint density at radius 2 is 2.10 bits per heavy atom. The van der Waals surface area contributed by atoms with E-state index in [2.05, 4.69) is 5.32 Å². The fraction of sp³-hybridized carbons (Fsp3) is 0.375. The lowest BCUT2D eigenvalue weighted by Crippen LogP contribution is -2.11. The molecule has 0 saturated heterocycles. The van der Waals surface area contributed by atoms with E-state index in [1.165, 1.54) is 12.8 Å². The zero-order valence-electron chi connectivity index (χ0n) is 11.7. The predicted molar refractivity (Wildman–Crippen MR) is 80.2 cm³/mol. The number of carbonyl (C=O) groups excluding carboxylic acids is 1. The fourth-order valence-corrected chi connectivity index (χ4v) is 2.53. The summed E-state index contributed by atoms with van der Waals surface area (Å²) >= 11 is 0. The van der Waals surface area contributed by atoms with Crippen molar-refractivity contribution >= 4 is 28.5 Å². The quantitative estimate of drug-likeness (QED) is 0.857. The van der Waals surface area contributed by atoms with E-state index in [9.17, 15) is 9.59 Å². The molecule has 3 rings (SSSR count). The molecular formula is C16H18N2O3. The van der Waals surface area contributed by atoms with Crippen molar-refractivity contribution in [3.63, 3.8) is 0 Å². The first kappa shape index (κ1) is 13.7. The average molecular weight is 286 g/mol. The molecule has 2 aromatic rings. The van der Waals surface area contributed by atoms with Crippen LogP contribution in [0.2, 0.25) is 0 Å². The molecule has 1 fully saturated rings. The number of carboxylic acid groups (broad SMARTS) is 1. The van der Waals surface area contributed by atoms with E-state index < -0.39 is 5.97 Å². The first-order chi connectivity index (χ1) is 10.1. The van der Waals surface area contributed by atoms with E-state index >= 15 is 0 Å². The minimum Gasteiger partial charge on any atom is -0.480 e. The van der Waals surface area contributed by atoms with Crippen LogP contribution in [0.15, 0.2) is 30.5 Å². The number of nitrogens with zero attached hydrogens (tertiary/aromatic N) is 1. The van der Waals surface area contributed by atoms with Gasteiger partial charge in [0.25, 0.3) is 0 Å². The molecule has 1 aliphatic rings. The highest BCUT2D eigenvalue weighted by molar-refractivity contribution is 5.94. The Labute approximate surface area is 122 Å². The van der Waals surface area contributed by atoms with Crippen molar-refractivity contribution < 1.29 is 14.7 Å². The van der Waals surface area contributed by atoms with E-state index in [1.807, 2.05) is 24.3 Å². The average Bonchev–Trinajstić information content (AvgIpc) is 3.19. The van der Waals surface area contributed by atoms with Crippen LogP contribution >= 0.6 is 0 Å². The zero-order chi connectivity index (χ0) is 14.8. The lowest BCUT2D eigenvalue weighted by Gasteiger charge is -2.06. The van der Waals surface area contributed by atoms with Crippen LogP contribution in [0.1, 0.15) is 25.7 Å². The van der Waals surface area contributed by atoms with Crippen molar-refractivity contribution in [3.8, 4) is 0 Å². The Hall–Kier alpha value is -2.30. The van der Waals surface area contributed by atoms with Gasteiger partial charge in [-0.25, -0.2) is 0 Å². The van der Waals surface area contributed by atoms with E-state index in [0.29, 0.717) is 6.42 Å². The summed E-state index contributed by atoms with van der Waals surface area (Å²) in [6.45, 7) is -0.0589. The Kier molecular flexibility index (Phi) is 3.64. The van der Waals surface area contributed by atoms with Crippen LogP contribution in [0, 0.1) is 5.92 Å². The number of nitrogens with one attached hydrogen (secondary N) is 1. The molecule has 0 unspecified atom stereocenters. The molecule has 1 aliphatic carbocycles. The van der Waals surface area contributed by atoms with Crippen LogP contribution in [0.25, 0.3) is 10.9 Å². The summed E-state index contributed by atoms with van der Waals surface area (Å²) in [5.74, 6) is -0.0699. The maximum Gasteiger partial charge on any atom is 0.323 e. The normalized spacial score (nSPS) is 14.3. The van der Waals surface area contributed by atoms with Crippen molar-refractivity contribution in [1.82, 2.24) is 4.57 Å². The molecule has 1 heterocycles. The van der Waals surface area contributed by atoms with Crippen molar-refractivity contribution in [2.75, 3.05) is 5.32 Å². The van der Waals surface area contributed by atoms with Crippen molar-refractivity contribution in [2.45, 2.75) is 32.2 Å². The number of rotatable bonds is 6. The zero-order valence-corrected chi connectivity index (χ0v) is 11.7. The van der Waals surface area contributed by atoms with Gasteiger partial charge in [0.05, 0.1) is 0 Å². The third-order valence-electron chi connectivity index (χ3n) is 3.84. The number of hydrogen-bond acceptors (Lipinski definition) is 2. The van der Waals surface area contributed by atoms with Crippen molar-refractivity contribution in [2.24, 2.45) is 5.92 Å². The van der Waals surface area contributed by atoms with Gasteiger partial charge in [0, 0.05) is 29.2 Å². The number of carboxylic acids is 1. The summed E-state index contributed by atoms with van der Waals surface area (Å²) in [7, 11) is 0. The van der Waals surface area contributed by atoms with E-state index in [4.69, 9.17) is 5.11 Å². The van der Waals surface area contributed by atoms with Gasteiger partial charge >= 0.3 is 5.97 Å². The van der Waals surface area contributed by atoms with E-state index in [1.54, 1.807) is 10.8 Å². The lowest BCUT2D eigenvalue weighted by molar-refractivity contribution is -0.137. The van der Waals surface area contributed by atoms with Crippen molar-refractivity contribution in [3.05, 3.63) is 30.5 Å². The molecule has 1 aromatic carbocycles. The summed E-state index contributed by atoms with van der Waals surface area (Å²) in [5.41, 5.74) is 1.62. The van der Waals surface area contributed by atoms with E-state index in [0.717, 1.165) is 28.9 Å². The minimum absolute atomic E-state index is 0.0474. The smallest absolute Gasteiger partial charge is 0.323 e. The molecule has 1 amide bonds. The summed E-state index contributed by atoms with van der Waals surface area (Å²) in [5, 5.41) is 12.7. The van der Waals surface area contributed by atoms with Gasteiger partial charge in [-0.05, 0) is 36.6 Å². The summed E-state index contributed by atoms with van der Waals surface area (Å²) < 4.78 is 1.68. The molecule has 5 heteroatoms. The summed E-state index contributed by atoms with van der Waals surface area (Å²) in [6, 6.07) is 7.39. The SMILES string of the molecule is O=C(O)Cn1ccc2cc(NC(=O)CCC3CC3)ccc21. The number of anilines is 1. The molecule has 0 aliphatic heterocycles. The first-order valence-corrected chi connectivity index (χ1v) is 7.22. The molecule has 0 radical (unpaired) electrons. The molecule has 1 saturated carbocycles. The summed E-state index contributed by atoms with van der Waals surface area (Å²) in [6.07, 6.45) is 5.82. The molecule has 110 valence electrons. The number of amides is 1. The summed E-state index contributed by atoms with van der Waals surface area (Å²) in [4.78, 5) is 22.6. The maximum atomic E-state index is 11.8.